The SMILES string of the molecule is Brc1ccccc1CCCCCCC1CCCNC1. The number of rotatable bonds is 7. The van der Waals surface area contributed by atoms with Crippen LogP contribution < -0.4 is 5.32 Å². The quantitative estimate of drug-likeness (QED) is 0.700. The molecule has 1 heterocycles. The fraction of sp³-hybridized carbons (Fsp3) is 0.647. The zero-order valence-corrected chi connectivity index (χ0v) is 13.4. The van der Waals surface area contributed by atoms with Gasteiger partial charge in [-0.25, -0.2) is 0 Å². The smallest absolute Gasteiger partial charge is 0.0207 e. The molecule has 1 aliphatic rings. The number of hydrogen-bond acceptors (Lipinski definition) is 1. The number of piperidine rings is 1. The van der Waals surface area contributed by atoms with Gasteiger partial charge in [0.2, 0.25) is 0 Å². The summed E-state index contributed by atoms with van der Waals surface area (Å²) in [6.07, 6.45) is 11.0. The van der Waals surface area contributed by atoms with E-state index >= 15 is 0 Å². The Hall–Kier alpha value is -0.340. The van der Waals surface area contributed by atoms with E-state index in [4.69, 9.17) is 0 Å². The van der Waals surface area contributed by atoms with Crippen molar-refractivity contribution in [1.82, 2.24) is 5.32 Å². The molecule has 0 aliphatic carbocycles. The maximum absolute atomic E-state index is 3.62. The van der Waals surface area contributed by atoms with Gasteiger partial charge in [-0.2, -0.15) is 0 Å². The Morgan fingerprint density at radius 2 is 1.95 bits per heavy atom. The van der Waals surface area contributed by atoms with E-state index in [9.17, 15) is 0 Å². The summed E-state index contributed by atoms with van der Waals surface area (Å²) >= 11 is 3.62. The van der Waals surface area contributed by atoms with Gasteiger partial charge in [-0.05, 0) is 62.7 Å². The van der Waals surface area contributed by atoms with Crippen LogP contribution in [0.4, 0.5) is 0 Å². The number of hydrogen-bond donors (Lipinski definition) is 1. The molecule has 2 heteroatoms. The Morgan fingerprint density at radius 3 is 2.74 bits per heavy atom. The summed E-state index contributed by atoms with van der Waals surface area (Å²) in [5, 5.41) is 3.51. The molecular weight excluding hydrogens is 298 g/mol. The highest BCUT2D eigenvalue weighted by Crippen LogP contribution is 2.20. The third-order valence-electron chi connectivity index (χ3n) is 4.17. The summed E-state index contributed by atoms with van der Waals surface area (Å²) in [7, 11) is 0. The predicted molar refractivity (Wildman–Crippen MR) is 86.5 cm³/mol. The first-order chi connectivity index (χ1) is 9.36. The van der Waals surface area contributed by atoms with Gasteiger partial charge in [0, 0.05) is 4.47 Å². The lowest BCUT2D eigenvalue weighted by Gasteiger charge is -2.22. The second kappa shape index (κ2) is 8.76. The summed E-state index contributed by atoms with van der Waals surface area (Å²) in [5.74, 6) is 0.956. The van der Waals surface area contributed by atoms with Gasteiger partial charge < -0.3 is 5.32 Å². The number of nitrogens with one attached hydrogen (secondary N) is 1. The molecule has 0 spiro atoms. The van der Waals surface area contributed by atoms with Crippen molar-refractivity contribution in [2.24, 2.45) is 5.92 Å². The Kier molecular flexibility index (Phi) is 6.94. The molecule has 1 aromatic carbocycles. The fourth-order valence-electron chi connectivity index (χ4n) is 2.97. The maximum atomic E-state index is 3.62. The molecule has 106 valence electrons. The third-order valence-corrected chi connectivity index (χ3v) is 4.94. The highest BCUT2D eigenvalue weighted by Gasteiger charge is 2.11. The molecule has 0 radical (unpaired) electrons. The van der Waals surface area contributed by atoms with Crippen molar-refractivity contribution >= 4 is 15.9 Å². The Bertz CT molecular complexity index is 358. The van der Waals surface area contributed by atoms with Crippen LogP contribution in [0.25, 0.3) is 0 Å². The number of aryl methyl sites for hydroxylation is 1. The average Bonchev–Trinajstić information content (AvgIpc) is 2.45. The number of halogens is 1. The van der Waals surface area contributed by atoms with E-state index in [0.29, 0.717) is 0 Å². The largest absolute Gasteiger partial charge is 0.316 e. The minimum Gasteiger partial charge on any atom is -0.316 e. The van der Waals surface area contributed by atoms with Gasteiger partial charge >= 0.3 is 0 Å². The first-order valence-electron chi connectivity index (χ1n) is 7.80. The minimum absolute atomic E-state index is 0.956. The average molecular weight is 324 g/mol. The van der Waals surface area contributed by atoms with Crippen LogP contribution in [0, 0.1) is 5.92 Å². The standard InChI is InChI=1S/C17H26BrN/c18-17-12-6-5-11-16(17)10-4-2-1-3-8-15-9-7-13-19-14-15/h5-6,11-12,15,19H,1-4,7-10,13-14H2. The molecule has 1 saturated heterocycles. The second-order valence-electron chi connectivity index (χ2n) is 5.76. The lowest BCUT2D eigenvalue weighted by Crippen LogP contribution is -2.29. The van der Waals surface area contributed by atoms with E-state index in [2.05, 4.69) is 45.5 Å². The van der Waals surface area contributed by atoms with Crippen molar-refractivity contribution in [3.05, 3.63) is 34.3 Å². The summed E-state index contributed by atoms with van der Waals surface area (Å²) in [6.45, 7) is 2.50. The number of unbranched alkanes of at least 4 members (excludes halogenated alkanes) is 3. The molecule has 0 bridgehead atoms. The number of benzene rings is 1. The summed E-state index contributed by atoms with van der Waals surface area (Å²) in [6, 6.07) is 8.60. The van der Waals surface area contributed by atoms with Crippen LogP contribution in [0.3, 0.4) is 0 Å². The molecule has 0 aromatic heterocycles. The summed E-state index contributed by atoms with van der Waals surface area (Å²) < 4.78 is 1.27. The maximum Gasteiger partial charge on any atom is 0.0207 e. The lowest BCUT2D eigenvalue weighted by molar-refractivity contribution is 0.346. The molecule has 0 saturated carbocycles. The van der Waals surface area contributed by atoms with Crippen LogP contribution in [0.15, 0.2) is 28.7 Å². The van der Waals surface area contributed by atoms with Gasteiger partial charge in [-0.15, -0.1) is 0 Å². The Morgan fingerprint density at radius 1 is 1.11 bits per heavy atom. The summed E-state index contributed by atoms with van der Waals surface area (Å²) in [5.41, 5.74) is 1.46. The Balaban J connectivity index is 1.51. The van der Waals surface area contributed by atoms with Gasteiger partial charge in [0.1, 0.15) is 0 Å². The highest BCUT2D eigenvalue weighted by molar-refractivity contribution is 9.10. The van der Waals surface area contributed by atoms with E-state index in [0.717, 1.165) is 5.92 Å². The minimum atomic E-state index is 0.956. The zero-order valence-electron chi connectivity index (χ0n) is 11.8. The fourth-order valence-corrected chi connectivity index (χ4v) is 3.46. The highest BCUT2D eigenvalue weighted by atomic mass is 79.9. The molecule has 1 atom stereocenters. The predicted octanol–water partition coefficient (Wildman–Crippen LogP) is 4.94. The van der Waals surface area contributed by atoms with Crippen molar-refractivity contribution in [1.29, 1.82) is 0 Å². The molecule has 1 N–H and O–H groups in total. The molecule has 1 nitrogen and oxygen atoms in total. The van der Waals surface area contributed by atoms with Gasteiger partial charge in [-0.3, -0.25) is 0 Å². The van der Waals surface area contributed by atoms with Crippen molar-refractivity contribution in [2.45, 2.75) is 51.4 Å². The van der Waals surface area contributed by atoms with Crippen LogP contribution in [0.5, 0.6) is 0 Å². The van der Waals surface area contributed by atoms with Crippen LogP contribution in [-0.2, 0) is 6.42 Å². The van der Waals surface area contributed by atoms with Crippen LogP contribution in [0.2, 0.25) is 0 Å². The first-order valence-corrected chi connectivity index (χ1v) is 8.59. The van der Waals surface area contributed by atoms with E-state index in [1.165, 1.54) is 74.5 Å². The molecule has 1 fully saturated rings. The van der Waals surface area contributed by atoms with Gasteiger partial charge in [0.25, 0.3) is 0 Å². The van der Waals surface area contributed by atoms with E-state index in [-0.39, 0.29) is 0 Å². The van der Waals surface area contributed by atoms with E-state index < -0.39 is 0 Å². The second-order valence-corrected chi connectivity index (χ2v) is 6.61. The first kappa shape index (κ1) is 15.1. The lowest BCUT2D eigenvalue weighted by atomic mass is 9.93. The van der Waals surface area contributed by atoms with Crippen molar-refractivity contribution in [2.75, 3.05) is 13.1 Å². The summed E-state index contributed by atoms with van der Waals surface area (Å²) in [4.78, 5) is 0. The van der Waals surface area contributed by atoms with Crippen molar-refractivity contribution in [3.63, 3.8) is 0 Å². The van der Waals surface area contributed by atoms with Crippen molar-refractivity contribution in [3.8, 4) is 0 Å². The molecule has 1 aromatic rings. The van der Waals surface area contributed by atoms with Gasteiger partial charge in [0.15, 0.2) is 0 Å². The molecule has 1 aliphatic heterocycles. The third kappa shape index (κ3) is 5.66. The van der Waals surface area contributed by atoms with Crippen LogP contribution in [-0.4, -0.2) is 13.1 Å². The normalized spacial score (nSPS) is 19.5. The molecule has 1 unspecified atom stereocenters. The van der Waals surface area contributed by atoms with Crippen molar-refractivity contribution < 1.29 is 0 Å². The zero-order chi connectivity index (χ0) is 13.3. The van der Waals surface area contributed by atoms with E-state index in [1.54, 1.807) is 0 Å². The van der Waals surface area contributed by atoms with Gasteiger partial charge in [-0.1, -0.05) is 53.4 Å². The molecule has 0 amide bonds. The van der Waals surface area contributed by atoms with Crippen LogP contribution >= 0.6 is 15.9 Å². The monoisotopic (exact) mass is 323 g/mol. The Labute approximate surface area is 126 Å². The van der Waals surface area contributed by atoms with E-state index in [1.807, 2.05) is 0 Å². The molecular formula is C17H26BrN. The molecule has 2 rings (SSSR count). The molecule has 19 heavy (non-hydrogen) atoms. The van der Waals surface area contributed by atoms with Gasteiger partial charge in [0.05, 0.1) is 0 Å². The van der Waals surface area contributed by atoms with Crippen LogP contribution in [0.1, 0.15) is 50.5 Å². The topological polar surface area (TPSA) is 12.0 Å².